The molecule has 0 bridgehead atoms. The number of aromatic nitrogens is 1. The Morgan fingerprint density at radius 3 is 2.68 bits per heavy atom. The maximum absolute atomic E-state index is 12.3. The summed E-state index contributed by atoms with van der Waals surface area (Å²) in [5.74, 6) is -0.581. The Morgan fingerprint density at radius 2 is 2.05 bits per heavy atom. The Labute approximate surface area is 129 Å². The Kier molecular flexibility index (Phi) is 4.68. The van der Waals surface area contributed by atoms with E-state index in [2.05, 4.69) is 9.46 Å². The molecule has 0 unspecified atom stereocenters. The molecule has 0 saturated heterocycles. The monoisotopic (exact) mass is 322 g/mol. The molecule has 1 aromatic heterocycles. The lowest BCUT2D eigenvalue weighted by Crippen LogP contribution is -2.22. The van der Waals surface area contributed by atoms with Crippen LogP contribution in [0.5, 0.6) is 0 Å². The van der Waals surface area contributed by atoms with Gasteiger partial charge in [0.05, 0.1) is 7.11 Å². The summed E-state index contributed by atoms with van der Waals surface area (Å²) in [7, 11) is -0.855. The van der Waals surface area contributed by atoms with Crippen molar-refractivity contribution in [1.82, 2.24) is 9.29 Å². The molecule has 0 saturated carbocycles. The normalized spacial score (nSPS) is 11.4. The van der Waals surface area contributed by atoms with Crippen LogP contribution in [0.25, 0.3) is 0 Å². The lowest BCUT2D eigenvalue weighted by Gasteiger charge is -2.05. The third kappa shape index (κ3) is 3.55. The van der Waals surface area contributed by atoms with Crippen molar-refractivity contribution in [2.24, 2.45) is 7.05 Å². The zero-order valence-corrected chi connectivity index (χ0v) is 13.5. The molecule has 0 radical (unpaired) electrons. The molecule has 0 atom stereocenters. The first-order valence-corrected chi connectivity index (χ1v) is 8.11. The van der Waals surface area contributed by atoms with Gasteiger partial charge in [-0.2, -0.15) is 0 Å². The molecule has 6 nitrogen and oxygen atoms in total. The summed E-state index contributed by atoms with van der Waals surface area (Å²) in [6, 6.07) is 8.87. The summed E-state index contributed by atoms with van der Waals surface area (Å²) in [5, 5.41) is 0. The number of hydrogen-bond acceptors (Lipinski definition) is 4. The average Bonchev–Trinajstić information content (AvgIpc) is 2.87. The number of carbonyl (C=O) groups is 1. The first kappa shape index (κ1) is 16.3. The minimum atomic E-state index is -3.69. The molecular weight excluding hydrogens is 304 g/mol. The molecule has 118 valence electrons. The lowest BCUT2D eigenvalue weighted by molar-refractivity contribution is 0.0590. The van der Waals surface area contributed by atoms with E-state index in [0.29, 0.717) is 0 Å². The fourth-order valence-corrected chi connectivity index (χ4v) is 3.16. The Hall–Kier alpha value is -2.12. The predicted molar refractivity (Wildman–Crippen MR) is 82.0 cm³/mol. The van der Waals surface area contributed by atoms with Gasteiger partial charge in [0, 0.05) is 19.8 Å². The Morgan fingerprint density at radius 1 is 1.32 bits per heavy atom. The molecule has 2 rings (SSSR count). The van der Waals surface area contributed by atoms with E-state index in [1.807, 2.05) is 31.2 Å². The maximum Gasteiger partial charge on any atom is 0.354 e. The highest BCUT2D eigenvalue weighted by Crippen LogP contribution is 2.15. The average molecular weight is 322 g/mol. The number of nitrogens with one attached hydrogen (secondary N) is 1. The number of aryl methyl sites for hydroxylation is 2. The second kappa shape index (κ2) is 6.33. The van der Waals surface area contributed by atoms with Gasteiger partial charge in [-0.05, 0) is 18.6 Å². The van der Waals surface area contributed by atoms with Gasteiger partial charge in [0.15, 0.2) is 0 Å². The van der Waals surface area contributed by atoms with E-state index in [1.54, 1.807) is 7.05 Å². The molecule has 0 fully saturated rings. The van der Waals surface area contributed by atoms with Gasteiger partial charge in [-0.3, -0.25) is 0 Å². The van der Waals surface area contributed by atoms with Crippen LogP contribution in [0.4, 0.5) is 0 Å². The van der Waals surface area contributed by atoms with E-state index >= 15 is 0 Å². The van der Waals surface area contributed by atoms with Gasteiger partial charge in [0.2, 0.25) is 10.0 Å². The van der Waals surface area contributed by atoms with Gasteiger partial charge in [-0.15, -0.1) is 0 Å². The molecule has 1 aromatic carbocycles. The van der Waals surface area contributed by atoms with Gasteiger partial charge in [0.25, 0.3) is 0 Å². The summed E-state index contributed by atoms with van der Waals surface area (Å²) in [5.41, 5.74) is 2.11. The fourth-order valence-electron chi connectivity index (χ4n) is 2.07. The first-order valence-electron chi connectivity index (χ1n) is 6.63. The SMILES string of the molecule is COC(=O)c1cc(S(=O)(=O)NCc2cccc(C)c2)cn1C. The van der Waals surface area contributed by atoms with Crippen molar-refractivity contribution in [3.05, 3.63) is 53.3 Å². The molecule has 1 N–H and O–H groups in total. The summed E-state index contributed by atoms with van der Waals surface area (Å²) in [4.78, 5) is 11.6. The van der Waals surface area contributed by atoms with E-state index in [4.69, 9.17) is 0 Å². The second-order valence-electron chi connectivity index (χ2n) is 4.98. The van der Waals surface area contributed by atoms with Gasteiger partial charge in [-0.1, -0.05) is 29.8 Å². The highest BCUT2D eigenvalue weighted by molar-refractivity contribution is 7.89. The number of rotatable bonds is 5. The number of benzene rings is 1. The molecule has 0 aliphatic heterocycles. The summed E-state index contributed by atoms with van der Waals surface area (Å²) in [6.45, 7) is 2.13. The van der Waals surface area contributed by atoms with Crippen molar-refractivity contribution in [1.29, 1.82) is 0 Å². The van der Waals surface area contributed by atoms with Gasteiger partial charge >= 0.3 is 5.97 Å². The molecule has 0 aliphatic carbocycles. The third-order valence-electron chi connectivity index (χ3n) is 3.23. The zero-order chi connectivity index (χ0) is 16.3. The van der Waals surface area contributed by atoms with Gasteiger partial charge in [-0.25, -0.2) is 17.9 Å². The van der Waals surface area contributed by atoms with E-state index < -0.39 is 16.0 Å². The van der Waals surface area contributed by atoms with Crippen molar-refractivity contribution >= 4 is 16.0 Å². The topological polar surface area (TPSA) is 77.4 Å². The van der Waals surface area contributed by atoms with Crippen LogP contribution in [0, 0.1) is 6.92 Å². The summed E-state index contributed by atoms with van der Waals surface area (Å²) >= 11 is 0. The van der Waals surface area contributed by atoms with Crippen LogP contribution >= 0.6 is 0 Å². The highest BCUT2D eigenvalue weighted by Gasteiger charge is 2.20. The van der Waals surface area contributed by atoms with Crippen LogP contribution < -0.4 is 4.72 Å². The molecule has 22 heavy (non-hydrogen) atoms. The van der Waals surface area contributed by atoms with Crippen molar-refractivity contribution in [3.8, 4) is 0 Å². The number of carbonyl (C=O) groups excluding carboxylic acids is 1. The minimum Gasteiger partial charge on any atom is -0.464 e. The van der Waals surface area contributed by atoms with Crippen molar-refractivity contribution in [2.45, 2.75) is 18.4 Å². The van der Waals surface area contributed by atoms with E-state index in [9.17, 15) is 13.2 Å². The van der Waals surface area contributed by atoms with Crippen LogP contribution in [0.3, 0.4) is 0 Å². The number of hydrogen-bond donors (Lipinski definition) is 1. The van der Waals surface area contributed by atoms with Crippen LogP contribution in [0.15, 0.2) is 41.4 Å². The standard InChI is InChI=1S/C15H18N2O4S/c1-11-5-4-6-12(7-11)9-16-22(19,20)13-8-14(15(18)21-3)17(2)10-13/h4-8,10,16H,9H2,1-3H3. The van der Waals surface area contributed by atoms with Crippen molar-refractivity contribution in [2.75, 3.05) is 7.11 Å². The molecule has 7 heteroatoms. The van der Waals surface area contributed by atoms with Crippen molar-refractivity contribution < 1.29 is 17.9 Å². The molecule has 0 amide bonds. The molecule has 0 spiro atoms. The molecular formula is C15H18N2O4S. The van der Waals surface area contributed by atoms with E-state index in [1.165, 1.54) is 23.9 Å². The largest absolute Gasteiger partial charge is 0.464 e. The van der Waals surface area contributed by atoms with Crippen LogP contribution in [0.2, 0.25) is 0 Å². The summed E-state index contributed by atoms with van der Waals surface area (Å²) < 4.78 is 33.1. The first-order chi connectivity index (χ1) is 10.3. The van der Waals surface area contributed by atoms with E-state index in [-0.39, 0.29) is 17.1 Å². The predicted octanol–water partition coefficient (Wildman–Crippen LogP) is 1.60. The smallest absolute Gasteiger partial charge is 0.354 e. The zero-order valence-electron chi connectivity index (χ0n) is 12.7. The number of nitrogens with zero attached hydrogens (tertiary/aromatic N) is 1. The van der Waals surface area contributed by atoms with Gasteiger partial charge in [0.1, 0.15) is 10.6 Å². The lowest BCUT2D eigenvalue weighted by atomic mass is 10.1. The van der Waals surface area contributed by atoms with Crippen LogP contribution in [-0.2, 0) is 28.4 Å². The van der Waals surface area contributed by atoms with Crippen LogP contribution in [-0.4, -0.2) is 26.1 Å². The number of methoxy groups -OCH3 is 1. The fraction of sp³-hybridized carbons (Fsp3) is 0.267. The number of ether oxygens (including phenoxy) is 1. The second-order valence-corrected chi connectivity index (χ2v) is 6.74. The van der Waals surface area contributed by atoms with Crippen molar-refractivity contribution in [3.63, 3.8) is 0 Å². The molecule has 2 aromatic rings. The van der Waals surface area contributed by atoms with Crippen LogP contribution in [0.1, 0.15) is 21.6 Å². The number of sulfonamides is 1. The minimum absolute atomic E-state index is 0.0306. The highest BCUT2D eigenvalue weighted by atomic mass is 32.2. The summed E-state index contributed by atoms with van der Waals surface area (Å²) in [6.07, 6.45) is 1.38. The molecule has 0 aliphatic rings. The third-order valence-corrected chi connectivity index (χ3v) is 4.60. The van der Waals surface area contributed by atoms with E-state index in [0.717, 1.165) is 11.1 Å². The Bertz CT molecular complexity index is 794. The maximum atomic E-state index is 12.3. The number of esters is 1. The Balaban J connectivity index is 2.19. The quantitative estimate of drug-likeness (QED) is 0.848. The molecule has 1 heterocycles. The van der Waals surface area contributed by atoms with Gasteiger partial charge < -0.3 is 9.30 Å².